The van der Waals surface area contributed by atoms with Crippen molar-refractivity contribution >= 4 is 29.9 Å². The topological polar surface area (TPSA) is 60.4 Å². The van der Waals surface area contributed by atoms with E-state index in [1.807, 2.05) is 0 Å². The first-order valence-electron chi connectivity index (χ1n) is 5.04. The SMILES string of the molecule is C[N+](C)(C)CCO.I.O=C([O-])c1ccccc1. The molecular weight excluding hydrogens is 333 g/mol. The van der Waals surface area contributed by atoms with Crippen LogP contribution in [-0.2, 0) is 0 Å². The summed E-state index contributed by atoms with van der Waals surface area (Å²) in [5, 5.41) is 18.5. The third-order valence-corrected chi connectivity index (χ3v) is 1.78. The summed E-state index contributed by atoms with van der Waals surface area (Å²) in [7, 11) is 6.16. The molecule has 0 amide bonds. The summed E-state index contributed by atoms with van der Waals surface area (Å²) < 4.78 is 0.844. The maximum atomic E-state index is 10.1. The van der Waals surface area contributed by atoms with Gasteiger partial charge in [0.25, 0.3) is 0 Å². The molecule has 98 valence electrons. The third-order valence-electron chi connectivity index (χ3n) is 1.78. The van der Waals surface area contributed by atoms with Gasteiger partial charge in [0.15, 0.2) is 0 Å². The van der Waals surface area contributed by atoms with Gasteiger partial charge < -0.3 is 19.5 Å². The minimum absolute atomic E-state index is 0. The average molecular weight is 353 g/mol. The van der Waals surface area contributed by atoms with Gasteiger partial charge in [0.1, 0.15) is 6.54 Å². The van der Waals surface area contributed by atoms with Crippen LogP contribution in [0.25, 0.3) is 0 Å². The molecule has 1 N–H and O–H groups in total. The third kappa shape index (κ3) is 11.6. The molecule has 1 aromatic rings. The molecule has 0 saturated carbocycles. The van der Waals surface area contributed by atoms with Crippen molar-refractivity contribution in [2.45, 2.75) is 0 Å². The van der Waals surface area contributed by atoms with Crippen molar-refractivity contribution in [3.8, 4) is 0 Å². The minimum Gasteiger partial charge on any atom is -0.545 e. The van der Waals surface area contributed by atoms with E-state index >= 15 is 0 Å². The van der Waals surface area contributed by atoms with Crippen LogP contribution in [0.5, 0.6) is 0 Å². The number of carboxylic acids is 1. The van der Waals surface area contributed by atoms with Crippen LogP contribution in [0.4, 0.5) is 0 Å². The summed E-state index contributed by atoms with van der Waals surface area (Å²) in [4.78, 5) is 10.1. The Balaban J connectivity index is 0. The number of halogens is 1. The van der Waals surface area contributed by atoms with E-state index in [0.717, 1.165) is 11.0 Å². The fraction of sp³-hybridized carbons (Fsp3) is 0.417. The van der Waals surface area contributed by atoms with E-state index in [1.54, 1.807) is 18.2 Å². The van der Waals surface area contributed by atoms with Crippen molar-refractivity contribution in [3.63, 3.8) is 0 Å². The molecule has 0 aromatic heterocycles. The fourth-order valence-corrected chi connectivity index (χ4v) is 0.874. The predicted molar refractivity (Wildman–Crippen MR) is 76.2 cm³/mol. The van der Waals surface area contributed by atoms with Crippen LogP contribution in [0.1, 0.15) is 10.4 Å². The van der Waals surface area contributed by atoms with Crippen molar-refractivity contribution < 1.29 is 19.5 Å². The van der Waals surface area contributed by atoms with Crippen LogP contribution in [0.15, 0.2) is 30.3 Å². The lowest BCUT2D eigenvalue weighted by atomic mass is 10.2. The first-order chi connectivity index (χ1) is 7.37. The molecular formula is C12H20INO3. The Morgan fingerprint density at radius 1 is 1.24 bits per heavy atom. The first-order valence-corrected chi connectivity index (χ1v) is 5.04. The van der Waals surface area contributed by atoms with E-state index < -0.39 is 5.97 Å². The summed E-state index contributed by atoms with van der Waals surface area (Å²) >= 11 is 0. The second kappa shape index (κ2) is 9.38. The highest BCUT2D eigenvalue weighted by Gasteiger charge is 2.02. The molecule has 0 unspecified atom stereocenters. The maximum Gasteiger partial charge on any atom is 0.101 e. The highest BCUT2D eigenvalue weighted by atomic mass is 127. The van der Waals surface area contributed by atoms with E-state index in [2.05, 4.69) is 21.1 Å². The van der Waals surface area contributed by atoms with Crippen LogP contribution in [0, 0.1) is 0 Å². The number of likely N-dealkylation sites (N-methyl/N-ethyl adjacent to an activating group) is 1. The number of carbonyl (C=O) groups excluding carboxylic acids is 1. The summed E-state index contributed by atoms with van der Waals surface area (Å²) in [6.07, 6.45) is 0. The summed E-state index contributed by atoms with van der Waals surface area (Å²) in [5.41, 5.74) is 0.220. The minimum atomic E-state index is -1.13. The lowest BCUT2D eigenvalue weighted by molar-refractivity contribution is -0.870. The molecule has 0 fully saturated rings. The molecule has 0 aliphatic rings. The molecule has 0 aliphatic heterocycles. The molecule has 0 saturated heterocycles. The lowest BCUT2D eigenvalue weighted by Crippen LogP contribution is -2.36. The number of carbonyl (C=O) groups is 1. The number of aliphatic hydroxyl groups is 1. The van der Waals surface area contributed by atoms with E-state index in [1.165, 1.54) is 12.1 Å². The Labute approximate surface area is 119 Å². The highest BCUT2D eigenvalue weighted by Crippen LogP contribution is 1.94. The van der Waals surface area contributed by atoms with Gasteiger partial charge in [0.2, 0.25) is 0 Å². The number of benzene rings is 1. The van der Waals surface area contributed by atoms with Gasteiger partial charge in [0, 0.05) is 0 Å². The number of nitrogens with zero attached hydrogens (tertiary/aromatic N) is 1. The van der Waals surface area contributed by atoms with Gasteiger partial charge in [-0.1, -0.05) is 30.3 Å². The molecule has 0 heterocycles. The molecule has 4 nitrogen and oxygen atoms in total. The molecule has 5 heteroatoms. The molecule has 17 heavy (non-hydrogen) atoms. The standard InChI is InChI=1S/C7H6O2.C5H14NO.HI/c8-7(9)6-4-2-1-3-5-6;1-6(2,3)4-5-7;/h1-5H,(H,8,9);7H,4-5H2,1-3H3;1H/q;+1;/p-1. The van der Waals surface area contributed by atoms with Crippen LogP contribution in [0.2, 0.25) is 0 Å². The van der Waals surface area contributed by atoms with Crippen molar-refractivity contribution in [2.24, 2.45) is 0 Å². The van der Waals surface area contributed by atoms with Gasteiger partial charge in [0.05, 0.1) is 33.7 Å². The molecule has 0 bridgehead atoms. The molecule has 0 atom stereocenters. The fourth-order valence-electron chi connectivity index (χ4n) is 0.874. The van der Waals surface area contributed by atoms with E-state index in [4.69, 9.17) is 5.11 Å². The molecule has 0 radical (unpaired) electrons. The summed E-state index contributed by atoms with van der Waals surface area (Å²) in [6, 6.07) is 8.06. The second-order valence-electron chi connectivity index (χ2n) is 4.39. The van der Waals surface area contributed by atoms with Crippen LogP contribution in [-0.4, -0.2) is 49.9 Å². The zero-order valence-electron chi connectivity index (χ0n) is 10.4. The van der Waals surface area contributed by atoms with Gasteiger partial charge >= 0.3 is 0 Å². The maximum absolute atomic E-state index is 10.1. The molecule has 1 rings (SSSR count). The predicted octanol–water partition coefficient (Wildman–Crippen LogP) is 0.353. The van der Waals surface area contributed by atoms with Crippen LogP contribution in [0.3, 0.4) is 0 Å². The van der Waals surface area contributed by atoms with Gasteiger partial charge in [-0.25, -0.2) is 0 Å². The van der Waals surface area contributed by atoms with Gasteiger partial charge in [-0.15, -0.1) is 24.0 Å². The summed E-state index contributed by atoms with van der Waals surface area (Å²) in [5.74, 6) is -1.13. The van der Waals surface area contributed by atoms with Crippen molar-refractivity contribution in [1.82, 2.24) is 0 Å². The lowest BCUT2D eigenvalue weighted by Gasteiger charge is -2.21. The van der Waals surface area contributed by atoms with Crippen molar-refractivity contribution in [3.05, 3.63) is 35.9 Å². The number of hydrogen-bond donors (Lipinski definition) is 1. The van der Waals surface area contributed by atoms with Crippen molar-refractivity contribution in [2.75, 3.05) is 34.3 Å². The van der Waals surface area contributed by atoms with Crippen LogP contribution >= 0.6 is 24.0 Å². The number of rotatable bonds is 3. The number of aliphatic hydroxyl groups excluding tert-OH is 1. The van der Waals surface area contributed by atoms with Gasteiger partial charge in [-0.05, 0) is 5.56 Å². The molecule has 0 aliphatic carbocycles. The van der Waals surface area contributed by atoms with Gasteiger partial charge in [-0.2, -0.15) is 0 Å². The Morgan fingerprint density at radius 2 is 1.71 bits per heavy atom. The Morgan fingerprint density at radius 3 is 1.88 bits per heavy atom. The zero-order chi connectivity index (χ0) is 12.6. The number of aromatic carboxylic acids is 1. The molecule has 0 spiro atoms. The van der Waals surface area contributed by atoms with Crippen molar-refractivity contribution in [1.29, 1.82) is 0 Å². The largest absolute Gasteiger partial charge is 0.545 e. The monoisotopic (exact) mass is 353 g/mol. The number of carboxylic acid groups (broad SMARTS) is 1. The van der Waals surface area contributed by atoms with E-state index in [9.17, 15) is 9.90 Å². The Bertz CT molecular complexity index is 309. The zero-order valence-corrected chi connectivity index (χ0v) is 12.8. The summed E-state index contributed by atoms with van der Waals surface area (Å²) in [6.45, 7) is 1.11. The smallest absolute Gasteiger partial charge is 0.101 e. The van der Waals surface area contributed by atoms with Crippen LogP contribution < -0.4 is 5.11 Å². The second-order valence-corrected chi connectivity index (χ2v) is 4.39. The Hall–Kier alpha value is -0.660. The first kappa shape index (κ1) is 18.7. The highest BCUT2D eigenvalue weighted by molar-refractivity contribution is 14.0. The number of hydrogen-bond acceptors (Lipinski definition) is 3. The van der Waals surface area contributed by atoms with E-state index in [-0.39, 0.29) is 36.1 Å². The average Bonchev–Trinajstić information content (AvgIpc) is 2.18. The number of quaternary nitrogens is 1. The van der Waals surface area contributed by atoms with Gasteiger partial charge in [-0.3, -0.25) is 0 Å². The molecule has 1 aromatic carbocycles. The normalized spacial score (nSPS) is 9.65. The Kier molecular flexibility index (Phi) is 10.3. The van der Waals surface area contributed by atoms with E-state index in [0.29, 0.717) is 0 Å². The quantitative estimate of drug-likeness (QED) is 0.630.